The van der Waals surface area contributed by atoms with E-state index in [2.05, 4.69) is 4.90 Å². The number of carbonyl (C=O) groups is 1. The van der Waals surface area contributed by atoms with E-state index in [1.165, 1.54) is 18.4 Å². The standard InChI is InChI=1S/C20H17FN2O3/c21-14-5-7-15(8-6-14)22-9-11-23(12-10-22)19(24)18-13-26-20(25)17-4-2-1-3-16(17)18/h1-8,13H,9-12H2. The molecular weight excluding hydrogens is 335 g/mol. The van der Waals surface area contributed by atoms with Crippen LogP contribution in [0.15, 0.2) is 64.0 Å². The smallest absolute Gasteiger partial charge is 0.343 e. The van der Waals surface area contributed by atoms with E-state index in [0.29, 0.717) is 42.5 Å². The third kappa shape index (κ3) is 2.94. The van der Waals surface area contributed by atoms with Crippen molar-refractivity contribution >= 4 is 22.4 Å². The van der Waals surface area contributed by atoms with Crippen LogP contribution < -0.4 is 10.5 Å². The predicted octanol–water partition coefficient (Wildman–Crippen LogP) is 2.89. The summed E-state index contributed by atoms with van der Waals surface area (Å²) in [5.74, 6) is -0.413. The highest BCUT2D eigenvalue weighted by Crippen LogP contribution is 2.20. The maximum atomic E-state index is 13.1. The lowest BCUT2D eigenvalue weighted by atomic mass is 10.1. The highest BCUT2D eigenvalue weighted by atomic mass is 19.1. The van der Waals surface area contributed by atoms with Crippen LogP contribution in [0.5, 0.6) is 0 Å². The average molecular weight is 352 g/mol. The van der Waals surface area contributed by atoms with E-state index in [0.717, 1.165) is 5.69 Å². The molecule has 1 amide bonds. The third-order valence-electron chi connectivity index (χ3n) is 4.71. The van der Waals surface area contributed by atoms with Gasteiger partial charge in [-0.3, -0.25) is 4.79 Å². The number of piperazine rings is 1. The van der Waals surface area contributed by atoms with Gasteiger partial charge in [-0.15, -0.1) is 0 Å². The number of hydrogen-bond donors (Lipinski definition) is 0. The highest BCUT2D eigenvalue weighted by Gasteiger charge is 2.24. The van der Waals surface area contributed by atoms with Crippen LogP contribution in [-0.2, 0) is 0 Å². The van der Waals surface area contributed by atoms with Crippen molar-refractivity contribution in [2.24, 2.45) is 0 Å². The van der Waals surface area contributed by atoms with Crippen molar-refractivity contribution in [1.82, 2.24) is 4.90 Å². The summed E-state index contributed by atoms with van der Waals surface area (Å²) in [6, 6.07) is 13.3. The van der Waals surface area contributed by atoms with Crippen LogP contribution in [0, 0.1) is 5.82 Å². The van der Waals surface area contributed by atoms with Crippen molar-refractivity contribution in [3.63, 3.8) is 0 Å². The van der Waals surface area contributed by atoms with Gasteiger partial charge in [0.1, 0.15) is 12.1 Å². The lowest BCUT2D eigenvalue weighted by Crippen LogP contribution is -2.48. The second-order valence-electron chi connectivity index (χ2n) is 6.24. The zero-order valence-electron chi connectivity index (χ0n) is 14.0. The van der Waals surface area contributed by atoms with Crippen LogP contribution in [0.25, 0.3) is 10.8 Å². The topological polar surface area (TPSA) is 53.8 Å². The minimum atomic E-state index is -0.446. The molecule has 1 aliphatic heterocycles. The normalized spacial score (nSPS) is 14.7. The van der Waals surface area contributed by atoms with Gasteiger partial charge >= 0.3 is 5.63 Å². The lowest BCUT2D eigenvalue weighted by Gasteiger charge is -2.36. The summed E-state index contributed by atoms with van der Waals surface area (Å²) >= 11 is 0. The zero-order valence-corrected chi connectivity index (χ0v) is 14.0. The Bertz CT molecular complexity index is 1010. The largest absolute Gasteiger partial charge is 0.430 e. The van der Waals surface area contributed by atoms with Crippen LogP contribution in [-0.4, -0.2) is 37.0 Å². The van der Waals surface area contributed by atoms with Gasteiger partial charge in [0.2, 0.25) is 0 Å². The average Bonchev–Trinajstić information content (AvgIpc) is 2.69. The molecule has 0 saturated carbocycles. The minimum absolute atomic E-state index is 0.149. The quantitative estimate of drug-likeness (QED) is 0.712. The number of halogens is 1. The molecule has 1 aliphatic rings. The Kier molecular flexibility index (Phi) is 4.16. The summed E-state index contributed by atoms with van der Waals surface area (Å²) in [6.45, 7) is 2.41. The molecule has 0 spiro atoms. The molecule has 6 heteroatoms. The summed E-state index contributed by atoms with van der Waals surface area (Å²) in [5.41, 5.74) is 0.892. The molecule has 1 aromatic heterocycles. The fourth-order valence-corrected chi connectivity index (χ4v) is 3.29. The molecule has 3 aromatic rings. The Balaban J connectivity index is 1.53. The molecular formula is C20H17FN2O3. The molecule has 132 valence electrons. The number of hydrogen-bond acceptors (Lipinski definition) is 4. The molecule has 26 heavy (non-hydrogen) atoms. The first-order valence-electron chi connectivity index (χ1n) is 8.44. The molecule has 0 unspecified atom stereocenters. The van der Waals surface area contributed by atoms with Gasteiger partial charge in [0, 0.05) is 37.3 Å². The molecule has 1 saturated heterocycles. The van der Waals surface area contributed by atoms with Gasteiger partial charge in [0.05, 0.1) is 10.9 Å². The van der Waals surface area contributed by atoms with Gasteiger partial charge in [0.15, 0.2) is 0 Å². The molecule has 5 nitrogen and oxygen atoms in total. The van der Waals surface area contributed by atoms with Gasteiger partial charge in [-0.2, -0.15) is 0 Å². The second kappa shape index (κ2) is 6.63. The third-order valence-corrected chi connectivity index (χ3v) is 4.71. The molecule has 1 fully saturated rings. The molecule has 0 atom stereocenters. The minimum Gasteiger partial charge on any atom is -0.430 e. The van der Waals surface area contributed by atoms with Crippen molar-refractivity contribution in [3.8, 4) is 0 Å². The Labute approximate surface area is 149 Å². The molecule has 2 heterocycles. The van der Waals surface area contributed by atoms with Crippen LogP contribution in [0.2, 0.25) is 0 Å². The summed E-state index contributed by atoms with van der Waals surface area (Å²) in [5, 5.41) is 1.01. The first-order chi connectivity index (χ1) is 12.6. The maximum Gasteiger partial charge on any atom is 0.343 e. The SMILES string of the molecule is O=C(c1coc(=O)c2ccccc12)N1CCN(c2ccc(F)cc2)CC1. The number of rotatable bonds is 2. The Morgan fingerprint density at radius 3 is 2.27 bits per heavy atom. The number of benzene rings is 2. The van der Waals surface area contributed by atoms with Crippen molar-refractivity contribution in [3.05, 3.63) is 76.6 Å². The molecule has 0 radical (unpaired) electrons. The number of carbonyl (C=O) groups excluding carboxylic acids is 1. The molecule has 2 aromatic carbocycles. The number of amides is 1. The summed E-state index contributed by atoms with van der Waals surface area (Å²) < 4.78 is 18.1. The highest BCUT2D eigenvalue weighted by molar-refractivity contribution is 6.06. The van der Waals surface area contributed by atoms with Crippen molar-refractivity contribution in [1.29, 1.82) is 0 Å². The van der Waals surface area contributed by atoms with E-state index in [9.17, 15) is 14.0 Å². The van der Waals surface area contributed by atoms with Gasteiger partial charge in [-0.05, 0) is 30.3 Å². The number of fused-ring (bicyclic) bond motifs is 1. The number of anilines is 1. The predicted molar refractivity (Wildman–Crippen MR) is 97.0 cm³/mol. The first kappa shape index (κ1) is 16.3. The molecule has 4 rings (SSSR count). The summed E-state index contributed by atoms with van der Waals surface area (Å²) in [4.78, 5) is 28.6. The van der Waals surface area contributed by atoms with Crippen molar-refractivity contribution < 1.29 is 13.6 Å². The Morgan fingerprint density at radius 2 is 1.58 bits per heavy atom. The molecule has 0 aliphatic carbocycles. The van der Waals surface area contributed by atoms with Gasteiger partial charge in [-0.1, -0.05) is 18.2 Å². The number of nitrogens with zero attached hydrogens (tertiary/aromatic N) is 2. The van der Waals surface area contributed by atoms with Gasteiger partial charge in [0.25, 0.3) is 5.91 Å². The van der Waals surface area contributed by atoms with E-state index in [1.807, 2.05) is 0 Å². The van der Waals surface area contributed by atoms with E-state index in [1.54, 1.807) is 41.3 Å². The van der Waals surface area contributed by atoms with E-state index >= 15 is 0 Å². The monoisotopic (exact) mass is 352 g/mol. The fraction of sp³-hybridized carbons (Fsp3) is 0.200. The summed E-state index contributed by atoms with van der Waals surface area (Å²) in [7, 11) is 0. The van der Waals surface area contributed by atoms with Crippen LogP contribution >= 0.6 is 0 Å². The lowest BCUT2D eigenvalue weighted by molar-refractivity contribution is 0.0746. The van der Waals surface area contributed by atoms with Gasteiger partial charge < -0.3 is 14.2 Å². The maximum absolute atomic E-state index is 13.1. The van der Waals surface area contributed by atoms with Crippen LogP contribution in [0.1, 0.15) is 10.4 Å². The van der Waals surface area contributed by atoms with Gasteiger partial charge in [-0.25, -0.2) is 9.18 Å². The second-order valence-corrected chi connectivity index (χ2v) is 6.24. The first-order valence-corrected chi connectivity index (χ1v) is 8.44. The van der Waals surface area contributed by atoms with E-state index < -0.39 is 5.63 Å². The van der Waals surface area contributed by atoms with Crippen LogP contribution in [0.4, 0.5) is 10.1 Å². The van der Waals surface area contributed by atoms with Crippen molar-refractivity contribution in [2.45, 2.75) is 0 Å². The molecule has 0 N–H and O–H groups in total. The van der Waals surface area contributed by atoms with E-state index in [-0.39, 0.29) is 11.7 Å². The Morgan fingerprint density at radius 1 is 0.923 bits per heavy atom. The molecule has 0 bridgehead atoms. The summed E-state index contributed by atoms with van der Waals surface area (Å²) in [6.07, 6.45) is 1.25. The zero-order chi connectivity index (χ0) is 18.1. The van der Waals surface area contributed by atoms with Crippen LogP contribution in [0.3, 0.4) is 0 Å². The van der Waals surface area contributed by atoms with Crippen molar-refractivity contribution in [2.75, 3.05) is 31.1 Å². The Hall–Kier alpha value is -3.15. The fourth-order valence-electron chi connectivity index (χ4n) is 3.29. The van der Waals surface area contributed by atoms with E-state index in [4.69, 9.17) is 4.42 Å².